The molecule has 0 aliphatic carbocycles. The lowest BCUT2D eigenvalue weighted by Crippen LogP contribution is -2.19. The third-order valence-electron chi connectivity index (χ3n) is 2.88. The molecule has 2 rings (SSSR count). The van der Waals surface area contributed by atoms with Crippen LogP contribution in [0.15, 0.2) is 30.3 Å². The molecule has 2 aromatic rings. The van der Waals surface area contributed by atoms with Crippen LogP contribution in [0.3, 0.4) is 0 Å². The van der Waals surface area contributed by atoms with Gasteiger partial charge in [0.2, 0.25) is 5.95 Å². The van der Waals surface area contributed by atoms with E-state index in [9.17, 15) is 4.39 Å². The molecule has 1 heterocycles. The van der Waals surface area contributed by atoms with Crippen molar-refractivity contribution in [1.82, 2.24) is 9.97 Å². The summed E-state index contributed by atoms with van der Waals surface area (Å²) < 4.78 is 13.2. The Morgan fingerprint density at radius 2 is 2.05 bits per heavy atom. The van der Waals surface area contributed by atoms with Crippen LogP contribution in [0.2, 0.25) is 0 Å². The SMILES string of the molecule is CCNc1nc(C)cc(N(C)Cc2cccc(F)c2)n1. The van der Waals surface area contributed by atoms with E-state index in [1.807, 2.05) is 37.9 Å². The van der Waals surface area contributed by atoms with Crippen molar-refractivity contribution in [1.29, 1.82) is 0 Å². The summed E-state index contributed by atoms with van der Waals surface area (Å²) in [6, 6.07) is 8.52. The molecular formula is C15H19FN4. The molecule has 0 bridgehead atoms. The number of hydrogen-bond acceptors (Lipinski definition) is 4. The Hall–Kier alpha value is -2.17. The van der Waals surface area contributed by atoms with Crippen LogP contribution >= 0.6 is 0 Å². The molecule has 0 saturated heterocycles. The molecule has 1 aromatic carbocycles. The average molecular weight is 274 g/mol. The standard InChI is InChI=1S/C15H19FN4/c1-4-17-15-18-11(2)8-14(19-15)20(3)10-12-6-5-7-13(16)9-12/h5-9H,4,10H2,1-3H3,(H,17,18,19). The van der Waals surface area contributed by atoms with Gasteiger partial charge in [-0.2, -0.15) is 4.98 Å². The zero-order chi connectivity index (χ0) is 14.5. The Balaban J connectivity index is 2.18. The van der Waals surface area contributed by atoms with Crippen molar-refractivity contribution in [2.24, 2.45) is 0 Å². The molecule has 0 radical (unpaired) electrons. The molecule has 0 atom stereocenters. The van der Waals surface area contributed by atoms with E-state index in [-0.39, 0.29) is 5.82 Å². The van der Waals surface area contributed by atoms with Crippen molar-refractivity contribution in [3.8, 4) is 0 Å². The molecule has 1 N–H and O–H groups in total. The van der Waals surface area contributed by atoms with Gasteiger partial charge >= 0.3 is 0 Å². The van der Waals surface area contributed by atoms with Crippen molar-refractivity contribution < 1.29 is 4.39 Å². The highest BCUT2D eigenvalue weighted by Crippen LogP contribution is 2.16. The smallest absolute Gasteiger partial charge is 0.224 e. The summed E-state index contributed by atoms with van der Waals surface area (Å²) in [7, 11) is 1.93. The summed E-state index contributed by atoms with van der Waals surface area (Å²) in [5.41, 5.74) is 1.81. The highest BCUT2D eigenvalue weighted by molar-refractivity contribution is 5.44. The van der Waals surface area contributed by atoms with Crippen LogP contribution < -0.4 is 10.2 Å². The van der Waals surface area contributed by atoms with Gasteiger partial charge < -0.3 is 10.2 Å². The minimum Gasteiger partial charge on any atom is -0.355 e. The third kappa shape index (κ3) is 3.66. The van der Waals surface area contributed by atoms with Gasteiger partial charge in [0.15, 0.2) is 0 Å². The second-order valence-corrected chi connectivity index (χ2v) is 4.71. The summed E-state index contributed by atoms with van der Waals surface area (Å²) in [5, 5.41) is 3.11. The fraction of sp³-hybridized carbons (Fsp3) is 0.333. The van der Waals surface area contributed by atoms with Gasteiger partial charge in [0.25, 0.3) is 0 Å². The van der Waals surface area contributed by atoms with Crippen molar-refractivity contribution in [3.05, 3.63) is 47.4 Å². The van der Waals surface area contributed by atoms with Gasteiger partial charge in [-0.15, -0.1) is 0 Å². The number of aromatic nitrogens is 2. The van der Waals surface area contributed by atoms with Crippen molar-refractivity contribution in [2.75, 3.05) is 23.8 Å². The van der Waals surface area contributed by atoms with Gasteiger partial charge in [-0.3, -0.25) is 0 Å². The number of benzene rings is 1. The molecular weight excluding hydrogens is 255 g/mol. The molecule has 5 heteroatoms. The van der Waals surface area contributed by atoms with E-state index < -0.39 is 0 Å². The maximum Gasteiger partial charge on any atom is 0.224 e. The fourth-order valence-corrected chi connectivity index (χ4v) is 1.97. The fourth-order valence-electron chi connectivity index (χ4n) is 1.97. The van der Waals surface area contributed by atoms with Crippen LogP contribution in [0.5, 0.6) is 0 Å². The minimum atomic E-state index is -0.219. The zero-order valence-electron chi connectivity index (χ0n) is 12.0. The first-order chi connectivity index (χ1) is 9.58. The Kier molecular flexibility index (Phi) is 4.50. The van der Waals surface area contributed by atoms with Gasteiger partial charge in [-0.1, -0.05) is 12.1 Å². The number of anilines is 2. The normalized spacial score (nSPS) is 10.4. The monoisotopic (exact) mass is 274 g/mol. The second kappa shape index (κ2) is 6.32. The summed E-state index contributed by atoms with van der Waals surface area (Å²) in [6.07, 6.45) is 0. The maximum atomic E-state index is 13.2. The number of nitrogens with one attached hydrogen (secondary N) is 1. The quantitative estimate of drug-likeness (QED) is 0.910. The predicted octanol–water partition coefficient (Wildman–Crippen LogP) is 2.99. The summed E-state index contributed by atoms with van der Waals surface area (Å²) >= 11 is 0. The largest absolute Gasteiger partial charge is 0.355 e. The Bertz CT molecular complexity index is 586. The number of aryl methyl sites for hydroxylation is 1. The molecule has 0 saturated carbocycles. The lowest BCUT2D eigenvalue weighted by atomic mass is 10.2. The van der Waals surface area contributed by atoms with Crippen LogP contribution in [0.4, 0.5) is 16.2 Å². The van der Waals surface area contributed by atoms with Crippen LogP contribution in [0.1, 0.15) is 18.2 Å². The minimum absolute atomic E-state index is 0.219. The van der Waals surface area contributed by atoms with E-state index in [0.29, 0.717) is 12.5 Å². The van der Waals surface area contributed by atoms with Gasteiger partial charge in [0.05, 0.1) is 0 Å². The van der Waals surface area contributed by atoms with Gasteiger partial charge in [-0.05, 0) is 31.5 Å². The molecule has 1 aromatic heterocycles. The maximum absolute atomic E-state index is 13.2. The van der Waals surface area contributed by atoms with Crippen LogP contribution in [0.25, 0.3) is 0 Å². The number of nitrogens with zero attached hydrogens (tertiary/aromatic N) is 3. The predicted molar refractivity (Wildman–Crippen MR) is 79.4 cm³/mol. The second-order valence-electron chi connectivity index (χ2n) is 4.71. The molecule has 0 fully saturated rings. The highest BCUT2D eigenvalue weighted by Gasteiger charge is 2.07. The summed E-state index contributed by atoms with van der Waals surface area (Å²) in [4.78, 5) is 10.7. The van der Waals surface area contributed by atoms with E-state index >= 15 is 0 Å². The van der Waals surface area contributed by atoms with Gasteiger partial charge in [-0.25, -0.2) is 9.37 Å². The number of rotatable bonds is 5. The van der Waals surface area contributed by atoms with Gasteiger partial charge in [0.1, 0.15) is 11.6 Å². The molecule has 0 unspecified atom stereocenters. The topological polar surface area (TPSA) is 41.1 Å². The van der Waals surface area contributed by atoms with E-state index in [2.05, 4.69) is 15.3 Å². The molecule has 106 valence electrons. The molecule has 0 aliphatic heterocycles. The van der Waals surface area contributed by atoms with Crippen molar-refractivity contribution in [2.45, 2.75) is 20.4 Å². The van der Waals surface area contributed by atoms with E-state index in [1.54, 1.807) is 6.07 Å². The Morgan fingerprint density at radius 3 is 2.75 bits per heavy atom. The summed E-state index contributed by atoms with van der Waals surface area (Å²) in [6.45, 7) is 5.31. The van der Waals surface area contributed by atoms with Crippen LogP contribution in [0, 0.1) is 12.7 Å². The molecule has 0 aliphatic rings. The number of hydrogen-bond donors (Lipinski definition) is 1. The molecule has 0 amide bonds. The van der Waals surface area contributed by atoms with Crippen LogP contribution in [-0.2, 0) is 6.54 Å². The molecule has 20 heavy (non-hydrogen) atoms. The van der Waals surface area contributed by atoms with E-state index in [1.165, 1.54) is 12.1 Å². The first-order valence-electron chi connectivity index (χ1n) is 6.63. The first-order valence-corrected chi connectivity index (χ1v) is 6.63. The van der Waals surface area contributed by atoms with Crippen molar-refractivity contribution >= 4 is 11.8 Å². The van der Waals surface area contributed by atoms with Crippen molar-refractivity contribution in [3.63, 3.8) is 0 Å². The Labute approximate surface area is 118 Å². The Morgan fingerprint density at radius 1 is 1.25 bits per heavy atom. The van der Waals surface area contributed by atoms with Gasteiger partial charge in [0, 0.05) is 31.9 Å². The average Bonchev–Trinajstić information content (AvgIpc) is 2.38. The van der Waals surface area contributed by atoms with E-state index in [0.717, 1.165) is 23.6 Å². The number of halogens is 1. The summed E-state index contributed by atoms with van der Waals surface area (Å²) in [5.74, 6) is 1.22. The highest BCUT2D eigenvalue weighted by atomic mass is 19.1. The lowest BCUT2D eigenvalue weighted by molar-refractivity contribution is 0.625. The van der Waals surface area contributed by atoms with E-state index in [4.69, 9.17) is 0 Å². The third-order valence-corrected chi connectivity index (χ3v) is 2.88. The van der Waals surface area contributed by atoms with Crippen LogP contribution in [-0.4, -0.2) is 23.6 Å². The molecule has 4 nitrogen and oxygen atoms in total. The first kappa shape index (κ1) is 14.2. The zero-order valence-corrected chi connectivity index (χ0v) is 12.0. The molecule has 0 spiro atoms. The lowest BCUT2D eigenvalue weighted by Gasteiger charge is -2.19.